The van der Waals surface area contributed by atoms with Gasteiger partial charge in [-0.05, 0) is 25.8 Å². The van der Waals surface area contributed by atoms with Crippen molar-refractivity contribution in [3.63, 3.8) is 0 Å². The van der Waals surface area contributed by atoms with E-state index in [0.717, 1.165) is 32.4 Å². The highest BCUT2D eigenvalue weighted by atomic mass is 16.1. The first-order valence-corrected chi connectivity index (χ1v) is 5.41. The van der Waals surface area contributed by atoms with E-state index >= 15 is 0 Å². The van der Waals surface area contributed by atoms with Crippen LogP contribution in [-0.2, 0) is 4.79 Å². The Balaban J connectivity index is 2.70. The van der Waals surface area contributed by atoms with Gasteiger partial charge < -0.3 is 5.32 Å². The smallest absolute Gasteiger partial charge is 0.143 e. The monoisotopic (exact) mass is 183 g/mol. The first kappa shape index (κ1) is 10.7. The van der Waals surface area contributed by atoms with Crippen molar-refractivity contribution in [2.45, 2.75) is 40.0 Å². The van der Waals surface area contributed by atoms with Gasteiger partial charge in [-0.25, -0.2) is 0 Å². The molecule has 0 radical (unpaired) electrons. The summed E-state index contributed by atoms with van der Waals surface area (Å²) in [6, 6.07) is 0. The van der Waals surface area contributed by atoms with Crippen molar-refractivity contribution < 1.29 is 4.79 Å². The highest BCUT2D eigenvalue weighted by Gasteiger charge is 2.40. The van der Waals surface area contributed by atoms with Gasteiger partial charge in [0.15, 0.2) is 0 Å². The molecule has 0 saturated carbocycles. The summed E-state index contributed by atoms with van der Waals surface area (Å²) in [6.45, 7) is 8.18. The Bertz CT molecular complexity index is 183. The van der Waals surface area contributed by atoms with Gasteiger partial charge in [-0.1, -0.05) is 20.8 Å². The Hall–Kier alpha value is -0.370. The Morgan fingerprint density at radius 1 is 1.54 bits per heavy atom. The van der Waals surface area contributed by atoms with Crippen LogP contribution < -0.4 is 5.32 Å². The number of nitrogens with one attached hydrogen (secondary N) is 1. The second-order valence-electron chi connectivity index (χ2n) is 4.23. The third-order valence-corrected chi connectivity index (χ3v) is 3.50. The zero-order valence-electron chi connectivity index (χ0n) is 9.02. The second-order valence-corrected chi connectivity index (χ2v) is 4.23. The van der Waals surface area contributed by atoms with Crippen LogP contribution in [-0.4, -0.2) is 18.9 Å². The second kappa shape index (κ2) is 4.23. The molecule has 0 aromatic rings. The SMILES string of the molecule is CCC(C)C(=O)C1(CC)CCNC1. The van der Waals surface area contributed by atoms with E-state index in [4.69, 9.17) is 0 Å². The van der Waals surface area contributed by atoms with Crippen LogP contribution in [0.5, 0.6) is 0 Å². The molecular formula is C11H21NO. The predicted molar refractivity (Wildman–Crippen MR) is 54.7 cm³/mol. The van der Waals surface area contributed by atoms with Crippen LogP contribution in [0.4, 0.5) is 0 Å². The minimum absolute atomic E-state index is 0.0323. The highest BCUT2D eigenvalue weighted by Crippen LogP contribution is 2.33. The normalized spacial score (nSPS) is 30.4. The van der Waals surface area contributed by atoms with E-state index in [0.29, 0.717) is 5.78 Å². The number of carbonyl (C=O) groups is 1. The standard InChI is InChI=1S/C11H21NO/c1-4-9(3)10(13)11(5-2)6-7-12-8-11/h9,12H,4-8H2,1-3H3. The Labute approximate surface area is 81.1 Å². The minimum Gasteiger partial charge on any atom is -0.316 e. The Morgan fingerprint density at radius 2 is 2.23 bits per heavy atom. The van der Waals surface area contributed by atoms with Crippen LogP contribution >= 0.6 is 0 Å². The van der Waals surface area contributed by atoms with Crippen LogP contribution in [0.3, 0.4) is 0 Å². The van der Waals surface area contributed by atoms with E-state index in [2.05, 4.69) is 26.1 Å². The van der Waals surface area contributed by atoms with Gasteiger partial charge in [0.25, 0.3) is 0 Å². The van der Waals surface area contributed by atoms with Crippen LogP contribution in [0, 0.1) is 11.3 Å². The largest absolute Gasteiger partial charge is 0.316 e. The van der Waals surface area contributed by atoms with E-state index in [9.17, 15) is 4.79 Å². The van der Waals surface area contributed by atoms with Crippen molar-refractivity contribution in [3.8, 4) is 0 Å². The number of rotatable bonds is 4. The number of Topliss-reactive ketones (excluding diaryl/α,β-unsaturated/α-hetero) is 1. The van der Waals surface area contributed by atoms with Gasteiger partial charge in [-0.3, -0.25) is 4.79 Å². The van der Waals surface area contributed by atoms with Gasteiger partial charge in [0.05, 0.1) is 0 Å². The molecule has 1 aliphatic rings. The van der Waals surface area contributed by atoms with Gasteiger partial charge in [0.2, 0.25) is 0 Å². The zero-order valence-corrected chi connectivity index (χ0v) is 9.02. The van der Waals surface area contributed by atoms with Crippen molar-refractivity contribution in [1.29, 1.82) is 0 Å². The first-order valence-electron chi connectivity index (χ1n) is 5.41. The third kappa shape index (κ3) is 1.93. The summed E-state index contributed by atoms with van der Waals surface area (Å²) in [6.07, 6.45) is 3.00. The quantitative estimate of drug-likeness (QED) is 0.722. The van der Waals surface area contributed by atoms with Crippen molar-refractivity contribution in [2.24, 2.45) is 11.3 Å². The predicted octanol–water partition coefficient (Wildman–Crippen LogP) is 1.99. The van der Waals surface area contributed by atoms with Crippen LogP contribution in [0.2, 0.25) is 0 Å². The molecule has 1 rings (SSSR count). The maximum absolute atomic E-state index is 12.1. The molecule has 1 N–H and O–H groups in total. The Morgan fingerprint density at radius 3 is 2.62 bits per heavy atom. The minimum atomic E-state index is -0.0323. The fourth-order valence-electron chi connectivity index (χ4n) is 2.14. The van der Waals surface area contributed by atoms with Gasteiger partial charge in [0.1, 0.15) is 5.78 Å². The molecule has 0 bridgehead atoms. The summed E-state index contributed by atoms with van der Waals surface area (Å²) < 4.78 is 0. The van der Waals surface area contributed by atoms with Gasteiger partial charge in [-0.15, -0.1) is 0 Å². The van der Waals surface area contributed by atoms with Gasteiger partial charge in [-0.2, -0.15) is 0 Å². The lowest BCUT2D eigenvalue weighted by atomic mass is 9.75. The summed E-state index contributed by atoms with van der Waals surface area (Å²) in [5.41, 5.74) is -0.0323. The molecule has 2 unspecified atom stereocenters. The van der Waals surface area contributed by atoms with E-state index in [1.54, 1.807) is 0 Å². The molecule has 0 amide bonds. The van der Waals surface area contributed by atoms with Crippen LogP contribution in [0.25, 0.3) is 0 Å². The fraction of sp³-hybridized carbons (Fsp3) is 0.909. The molecule has 2 atom stereocenters. The molecule has 0 spiro atoms. The molecule has 1 aliphatic heterocycles. The third-order valence-electron chi connectivity index (χ3n) is 3.50. The number of hydrogen-bond acceptors (Lipinski definition) is 2. The molecular weight excluding hydrogens is 162 g/mol. The van der Waals surface area contributed by atoms with Crippen molar-refractivity contribution in [3.05, 3.63) is 0 Å². The molecule has 1 saturated heterocycles. The summed E-state index contributed by atoms with van der Waals surface area (Å²) in [7, 11) is 0. The number of ketones is 1. The molecule has 1 fully saturated rings. The molecule has 1 heterocycles. The molecule has 13 heavy (non-hydrogen) atoms. The average Bonchev–Trinajstić information content (AvgIpc) is 2.65. The van der Waals surface area contributed by atoms with Crippen molar-refractivity contribution >= 4 is 5.78 Å². The molecule has 0 aromatic heterocycles. The van der Waals surface area contributed by atoms with Crippen LogP contribution in [0.15, 0.2) is 0 Å². The van der Waals surface area contributed by atoms with E-state index in [1.165, 1.54) is 0 Å². The summed E-state index contributed by atoms with van der Waals surface area (Å²) >= 11 is 0. The zero-order chi connectivity index (χ0) is 9.90. The lowest BCUT2D eigenvalue weighted by Crippen LogP contribution is -2.36. The van der Waals surface area contributed by atoms with E-state index in [-0.39, 0.29) is 11.3 Å². The summed E-state index contributed by atoms with van der Waals surface area (Å²) in [5, 5.41) is 3.30. The number of hydrogen-bond donors (Lipinski definition) is 1. The lowest BCUT2D eigenvalue weighted by Gasteiger charge is -2.27. The molecule has 0 aliphatic carbocycles. The van der Waals surface area contributed by atoms with Gasteiger partial charge >= 0.3 is 0 Å². The van der Waals surface area contributed by atoms with Crippen molar-refractivity contribution in [2.75, 3.05) is 13.1 Å². The highest BCUT2D eigenvalue weighted by molar-refractivity contribution is 5.87. The van der Waals surface area contributed by atoms with E-state index in [1.807, 2.05) is 0 Å². The summed E-state index contributed by atoms with van der Waals surface area (Å²) in [5.74, 6) is 0.711. The molecule has 2 heteroatoms. The number of carbonyl (C=O) groups excluding carboxylic acids is 1. The maximum atomic E-state index is 12.1. The molecule has 76 valence electrons. The first-order chi connectivity index (χ1) is 6.16. The topological polar surface area (TPSA) is 29.1 Å². The van der Waals surface area contributed by atoms with Crippen LogP contribution in [0.1, 0.15) is 40.0 Å². The maximum Gasteiger partial charge on any atom is 0.143 e. The lowest BCUT2D eigenvalue weighted by molar-refractivity contribution is -0.131. The van der Waals surface area contributed by atoms with Crippen molar-refractivity contribution in [1.82, 2.24) is 5.32 Å². The molecule has 2 nitrogen and oxygen atoms in total. The summed E-state index contributed by atoms with van der Waals surface area (Å²) in [4.78, 5) is 12.1. The molecule has 0 aromatic carbocycles. The average molecular weight is 183 g/mol. The Kier molecular flexibility index (Phi) is 3.48. The van der Waals surface area contributed by atoms with Gasteiger partial charge in [0, 0.05) is 17.9 Å². The van der Waals surface area contributed by atoms with E-state index < -0.39 is 0 Å². The fourth-order valence-corrected chi connectivity index (χ4v) is 2.14.